The molecule has 0 bridgehead atoms. The molecule has 236 valence electrons. The summed E-state index contributed by atoms with van der Waals surface area (Å²) in [6, 6.07) is 0. The van der Waals surface area contributed by atoms with Crippen LogP contribution in [0, 0.1) is 0 Å². The van der Waals surface area contributed by atoms with Gasteiger partial charge in [0.1, 0.15) is 0 Å². The van der Waals surface area contributed by atoms with Gasteiger partial charge in [0, 0.05) is 546 Å². The first-order valence-electron chi connectivity index (χ1n) is 25.7. The lowest BCUT2D eigenvalue weighted by Crippen LogP contribution is -2.94. The third kappa shape index (κ3) is 22.1. The standard InChI is InChI=1S/CHB77/c2-45(3)65(46(4)5)42(66(47(6)7)48(8)9)1(43(67(71(49(10)11)50(12)13)72(51(14)15)52(16)17)68(73(53(18)19)54(20)21)74(55(22)23)56(24)25)44(69(75(57(26)27)58(28)29)76(59(30)31)60(32)33)70(77(61(34)35)62(36)37)78(63(38)39)64(40)41/h1H. The highest BCUT2D eigenvalue weighted by Crippen LogP contribution is 2.36. The molecule has 0 spiro atoms. The van der Waals surface area contributed by atoms with Crippen molar-refractivity contribution in [1.29, 1.82) is 0 Å². The van der Waals surface area contributed by atoms with E-state index in [2.05, 4.69) is 0 Å². The van der Waals surface area contributed by atoms with E-state index >= 15 is 0 Å². The summed E-state index contributed by atoms with van der Waals surface area (Å²) < 4.78 is 0. The second-order valence-corrected chi connectivity index (χ2v) is 21.9. The van der Waals surface area contributed by atoms with Crippen molar-refractivity contribution in [2.75, 3.05) is 0 Å². The Labute approximate surface area is 546 Å². The molecule has 0 aliphatic rings. The highest BCUT2D eigenvalue weighted by Gasteiger charge is 2.65. The van der Waals surface area contributed by atoms with E-state index in [-0.39, 0.29) is 0 Å². The summed E-state index contributed by atoms with van der Waals surface area (Å²) in [5, 5.41) is 0. The molecule has 0 aliphatic heterocycles. The van der Waals surface area contributed by atoms with Crippen molar-refractivity contribution in [1.82, 2.24) is 0 Å². The molecule has 0 saturated heterocycles. The summed E-state index contributed by atoms with van der Waals surface area (Å²) in [6.45, 7) is -5.41. The first-order chi connectivity index (χ1) is 35.4. The van der Waals surface area contributed by atoms with Crippen LogP contribution in [0.2, 0.25) is 5.62 Å². The summed E-state index contributed by atoms with van der Waals surface area (Å²) >= 11 is 0. The van der Waals surface area contributed by atoms with E-state index in [4.69, 9.17) is 309 Å². The zero-order valence-electron chi connectivity index (χ0n) is 45.0. The van der Waals surface area contributed by atoms with Gasteiger partial charge in [-0.05, 0) is 0 Å². The predicted molar refractivity (Wildman–Crippen MR) is 447 cm³/mol. The molecule has 0 aromatic heterocycles. The van der Waals surface area contributed by atoms with Crippen molar-refractivity contribution in [3.05, 3.63) is 0 Å². The fraction of sp³-hybridized carbons (Fsp3) is 1.00. The van der Waals surface area contributed by atoms with Crippen LogP contribution in [0.4, 0.5) is 0 Å². The first kappa shape index (κ1) is 83.0. The van der Waals surface area contributed by atoms with E-state index in [0.29, 0.717) is 0 Å². The third-order valence-corrected chi connectivity index (χ3v) is 16.4. The van der Waals surface area contributed by atoms with Gasteiger partial charge in [-0.3, -0.25) is 0 Å². The highest BCUT2D eigenvalue weighted by atomic mass is 13.7. The summed E-state index contributed by atoms with van der Waals surface area (Å²) in [7, 11) is 274. The van der Waals surface area contributed by atoms with Gasteiger partial charge in [0.15, 0.2) is 0 Å². The molecule has 0 unspecified atom stereocenters. The van der Waals surface area contributed by atoms with E-state index in [1.54, 1.807) is 0 Å². The molecule has 0 heterocycles. The minimum atomic E-state index is -1.89. The molecule has 0 amide bonds. The SMILES string of the molecule is [B]B([B])B(B([B])[B])B(B(B([B])[B])B([B])[B])B(B(B(B([B])[B])B([B])[B])B(B([B])[B])B([B])[B])C(B(B(B([B])[B])B([B])[B])B(B([B])[B])B([B])[B])B(B(B(B([B])[B])B([B])[B])B(B([B])[B])B([B])[B])B(B(B([B])[B])B([B])[B])B(B([B])[B])B([B])[B]. The minimum absolute atomic E-state index is 1.57. The summed E-state index contributed by atoms with van der Waals surface area (Å²) in [5.41, 5.74) is -1.89. The smallest absolute Gasteiger partial charge is 0.0294 e. The van der Waals surface area contributed by atoms with E-state index in [1.807, 2.05) is 0 Å². The van der Waals surface area contributed by atoms with Crippen molar-refractivity contribution in [2.45, 2.75) is 5.62 Å². The topological polar surface area (TPSA) is 0 Å². The van der Waals surface area contributed by atoms with Gasteiger partial charge in [-0.25, -0.2) is 0 Å². The zero-order valence-corrected chi connectivity index (χ0v) is 45.0. The molecule has 0 aliphatic carbocycles. The maximum atomic E-state index is 6.88. The van der Waals surface area contributed by atoms with Crippen LogP contribution in [-0.2, 0) is 0 Å². The minimum Gasteiger partial charge on any atom is -0.146 e. The monoisotopic (exact) mass is 861 g/mol. The molecular weight excluding hydrogens is 845 g/mol. The van der Waals surface area contributed by atoms with Gasteiger partial charge in [0.2, 0.25) is 0 Å². The molecule has 0 aromatic carbocycles. The Morgan fingerprint density at radius 1 is 0.103 bits per heavy atom. The fourth-order valence-electron chi connectivity index (χ4n) is 13.9. The van der Waals surface area contributed by atoms with Crippen molar-refractivity contribution in [3.63, 3.8) is 0 Å². The molecule has 0 atom stereocenters. The van der Waals surface area contributed by atoms with Crippen LogP contribution in [0.15, 0.2) is 0 Å². The molecule has 77 heteroatoms. The van der Waals surface area contributed by atoms with Crippen LogP contribution < -0.4 is 0 Å². The second-order valence-electron chi connectivity index (χ2n) is 21.9. The summed E-state index contributed by atoms with van der Waals surface area (Å²) in [5.74, 6) is 0. The average Bonchev–Trinajstić information content (AvgIpc) is 3.20. The normalized spacial score (nSPS) is 9.91. The lowest BCUT2D eigenvalue weighted by atomic mass is 8.28. The Bertz CT molecular complexity index is 1170. The number of rotatable bonds is 37. The molecule has 0 N–H and O–H groups in total. The van der Waals surface area contributed by atoms with Crippen LogP contribution >= 0.6 is 0 Å². The van der Waals surface area contributed by atoms with Gasteiger partial charge in [-0.15, -0.1) is 5.62 Å². The van der Waals surface area contributed by atoms with Gasteiger partial charge in [-0.1, -0.05) is 0 Å². The first-order valence-corrected chi connectivity index (χ1v) is 25.7. The molecular formula is CHB77. The predicted octanol–water partition coefficient (Wildman–Crippen LogP) is -29.0. The van der Waals surface area contributed by atoms with Gasteiger partial charge in [0.25, 0.3) is 0 Å². The van der Waals surface area contributed by atoms with Crippen molar-refractivity contribution >= 4 is 546 Å². The van der Waals surface area contributed by atoms with E-state index in [0.717, 1.165) is 0 Å². The molecule has 0 fully saturated rings. The molecule has 0 nitrogen and oxygen atoms in total. The summed E-state index contributed by atoms with van der Waals surface area (Å²) in [6.07, 6.45) is -55.8. The summed E-state index contributed by atoms with van der Waals surface area (Å²) in [4.78, 5) is 0. The van der Waals surface area contributed by atoms with Gasteiger partial charge < -0.3 is 0 Å². The molecule has 78 heavy (non-hydrogen) atoms. The molecule has 0 aromatic rings. The van der Waals surface area contributed by atoms with E-state index in [1.165, 1.54) is 0 Å². The van der Waals surface area contributed by atoms with Crippen molar-refractivity contribution in [2.24, 2.45) is 0 Å². The Balaban J connectivity index is 12.5. The second kappa shape index (κ2) is 38.0. The quantitative estimate of drug-likeness (QED) is 0.0547. The number of hydrogen-bond acceptors (Lipinski definition) is 0. The van der Waals surface area contributed by atoms with Crippen LogP contribution in [0.1, 0.15) is 0 Å². The largest absolute Gasteiger partial charge is 0.146 e. The maximum absolute atomic E-state index is 6.88. The molecule has 0 saturated carbocycles. The molecule has 0 rings (SSSR count). The van der Waals surface area contributed by atoms with Crippen LogP contribution in [0.25, 0.3) is 0 Å². The Kier molecular flexibility index (Phi) is 40.4. The lowest BCUT2D eigenvalue weighted by Gasteiger charge is -2.62. The maximum Gasteiger partial charge on any atom is 0.0294 e. The Hall–Kier alpha value is 5.00. The highest BCUT2D eigenvalue weighted by molar-refractivity contribution is 8.30. The van der Waals surface area contributed by atoms with Crippen LogP contribution in [-0.4, -0.2) is 546 Å². The average molecular weight is 846 g/mol. The van der Waals surface area contributed by atoms with Crippen LogP contribution in [0.5, 0.6) is 0 Å². The molecule has 80 radical (unpaired) electrons. The van der Waals surface area contributed by atoms with Gasteiger partial charge in [-0.2, -0.15) is 0 Å². The third-order valence-electron chi connectivity index (χ3n) is 16.4. The zero-order chi connectivity index (χ0) is 61.9. The lowest BCUT2D eigenvalue weighted by molar-refractivity contribution is 1.80. The van der Waals surface area contributed by atoms with Crippen LogP contribution in [0.3, 0.4) is 0 Å². The number of hydrogen-bond donors (Lipinski definition) is 0. The van der Waals surface area contributed by atoms with E-state index < -0.39 is 242 Å². The fourth-order valence-corrected chi connectivity index (χ4v) is 13.9. The van der Waals surface area contributed by atoms with Crippen molar-refractivity contribution < 1.29 is 0 Å². The Morgan fingerprint density at radius 2 is 0.179 bits per heavy atom. The van der Waals surface area contributed by atoms with Crippen molar-refractivity contribution in [3.8, 4) is 0 Å². The Morgan fingerprint density at radius 3 is 0.256 bits per heavy atom. The van der Waals surface area contributed by atoms with Gasteiger partial charge >= 0.3 is 0 Å². The van der Waals surface area contributed by atoms with E-state index in [9.17, 15) is 0 Å². The van der Waals surface area contributed by atoms with Gasteiger partial charge in [0.05, 0.1) is 0 Å².